The number of carbonyl (C=O) groups is 1. The first-order valence-electron chi connectivity index (χ1n) is 10.2. The van der Waals surface area contributed by atoms with E-state index in [0.717, 1.165) is 37.1 Å². The normalized spacial score (nSPS) is 23.9. The Labute approximate surface area is 181 Å². The smallest absolute Gasteiger partial charge is 0.211 e. The first kappa shape index (κ1) is 19.6. The van der Waals surface area contributed by atoms with E-state index in [1.165, 1.54) is 24.1 Å². The van der Waals surface area contributed by atoms with Crippen molar-refractivity contribution in [3.63, 3.8) is 0 Å². The summed E-state index contributed by atoms with van der Waals surface area (Å²) in [7, 11) is -1.79. The molecule has 0 radical (unpaired) electrons. The standard InChI is InChI=1S/C24H22ClNO3S/c1-26-19-10-9-16(25)15-18(19)24(13-5-2-6-14-24)22(26)12-11-21-23(27)17-7-3-4-8-20(17)30(21,28)29/h3-4,7-12,15H,2,5-6,13-14H2,1H3/b21-11+,22-12+. The zero-order valence-corrected chi connectivity index (χ0v) is 18.3. The van der Waals surface area contributed by atoms with Crippen molar-refractivity contribution < 1.29 is 13.2 Å². The average Bonchev–Trinajstić information content (AvgIpc) is 3.07. The summed E-state index contributed by atoms with van der Waals surface area (Å²) in [6.07, 6.45) is 8.73. The molecule has 0 atom stereocenters. The van der Waals surface area contributed by atoms with E-state index >= 15 is 0 Å². The van der Waals surface area contributed by atoms with Gasteiger partial charge in [0.15, 0.2) is 0 Å². The second-order valence-corrected chi connectivity index (χ2v) is 10.6. The lowest BCUT2D eigenvalue weighted by Crippen LogP contribution is -2.31. The zero-order valence-electron chi connectivity index (χ0n) is 16.7. The number of rotatable bonds is 1. The van der Waals surface area contributed by atoms with Crippen molar-refractivity contribution in [1.82, 2.24) is 0 Å². The molecule has 1 spiro atoms. The van der Waals surface area contributed by atoms with Crippen molar-refractivity contribution in [3.05, 3.63) is 81.4 Å². The molecule has 1 saturated carbocycles. The second-order valence-electron chi connectivity index (χ2n) is 8.27. The number of carbonyl (C=O) groups excluding carboxylic acids is 1. The molecule has 1 aliphatic carbocycles. The largest absolute Gasteiger partial charge is 0.347 e. The Morgan fingerprint density at radius 2 is 1.77 bits per heavy atom. The number of sulfone groups is 1. The van der Waals surface area contributed by atoms with Crippen molar-refractivity contribution in [2.24, 2.45) is 0 Å². The van der Waals surface area contributed by atoms with Gasteiger partial charge in [-0.05, 0) is 60.9 Å². The van der Waals surface area contributed by atoms with Gasteiger partial charge in [-0.15, -0.1) is 0 Å². The highest BCUT2D eigenvalue weighted by molar-refractivity contribution is 7.97. The Morgan fingerprint density at radius 3 is 2.50 bits per heavy atom. The van der Waals surface area contributed by atoms with Crippen LogP contribution in [0.5, 0.6) is 0 Å². The molecule has 154 valence electrons. The maximum Gasteiger partial charge on any atom is 0.211 e. The molecular weight excluding hydrogens is 418 g/mol. The van der Waals surface area contributed by atoms with Crippen LogP contribution in [0.25, 0.3) is 0 Å². The fourth-order valence-electron chi connectivity index (χ4n) is 5.31. The van der Waals surface area contributed by atoms with Crippen LogP contribution in [0.2, 0.25) is 5.02 Å². The number of halogens is 1. The van der Waals surface area contributed by atoms with Gasteiger partial charge in [0.25, 0.3) is 0 Å². The van der Waals surface area contributed by atoms with Crippen LogP contribution in [0.15, 0.2) is 70.1 Å². The first-order valence-corrected chi connectivity index (χ1v) is 12.1. The number of fused-ring (bicyclic) bond motifs is 3. The average molecular weight is 440 g/mol. The molecular formula is C24H22ClNO3S. The minimum absolute atomic E-state index is 0.0990. The van der Waals surface area contributed by atoms with E-state index < -0.39 is 15.6 Å². The predicted octanol–water partition coefficient (Wildman–Crippen LogP) is 5.43. The summed E-state index contributed by atoms with van der Waals surface area (Å²) in [5, 5.41) is 0.704. The van der Waals surface area contributed by atoms with Gasteiger partial charge in [0.05, 0.1) is 4.90 Å². The molecule has 0 unspecified atom stereocenters. The molecule has 4 nitrogen and oxygen atoms in total. The van der Waals surface area contributed by atoms with Crippen molar-refractivity contribution in [1.29, 1.82) is 0 Å². The van der Waals surface area contributed by atoms with E-state index in [0.29, 0.717) is 5.02 Å². The van der Waals surface area contributed by atoms with Gasteiger partial charge < -0.3 is 4.90 Å². The van der Waals surface area contributed by atoms with Crippen LogP contribution in [-0.4, -0.2) is 21.2 Å². The topological polar surface area (TPSA) is 54.5 Å². The molecule has 2 aromatic carbocycles. The van der Waals surface area contributed by atoms with E-state index in [9.17, 15) is 13.2 Å². The fourth-order valence-corrected chi connectivity index (χ4v) is 7.02. The molecule has 5 rings (SSSR count). The summed E-state index contributed by atoms with van der Waals surface area (Å²) in [4.78, 5) is 14.9. The van der Waals surface area contributed by atoms with Gasteiger partial charge in [0, 0.05) is 34.4 Å². The number of hydrogen-bond donors (Lipinski definition) is 0. The van der Waals surface area contributed by atoms with Crippen LogP contribution in [0.1, 0.15) is 48.0 Å². The van der Waals surface area contributed by atoms with Gasteiger partial charge in [0.1, 0.15) is 4.91 Å². The van der Waals surface area contributed by atoms with Crippen molar-refractivity contribution >= 4 is 32.9 Å². The molecule has 0 bridgehead atoms. The number of Topliss-reactive ketones (excluding diaryl/α,β-unsaturated/α-hetero) is 1. The van der Waals surface area contributed by atoms with Crippen LogP contribution >= 0.6 is 11.6 Å². The highest BCUT2D eigenvalue weighted by Gasteiger charge is 2.46. The van der Waals surface area contributed by atoms with Gasteiger partial charge in [0.2, 0.25) is 15.6 Å². The summed E-state index contributed by atoms with van der Waals surface area (Å²) in [5.74, 6) is -0.429. The van der Waals surface area contributed by atoms with Gasteiger partial charge in [-0.3, -0.25) is 4.79 Å². The van der Waals surface area contributed by atoms with E-state index in [1.807, 2.05) is 31.3 Å². The lowest BCUT2D eigenvalue weighted by atomic mass is 9.68. The summed E-state index contributed by atoms with van der Waals surface area (Å²) in [5.41, 5.74) is 3.39. The van der Waals surface area contributed by atoms with Crippen LogP contribution in [-0.2, 0) is 15.3 Å². The number of ketones is 1. The lowest BCUT2D eigenvalue weighted by Gasteiger charge is -2.36. The van der Waals surface area contributed by atoms with Crippen molar-refractivity contribution in [2.75, 3.05) is 11.9 Å². The minimum Gasteiger partial charge on any atom is -0.347 e. The van der Waals surface area contributed by atoms with Gasteiger partial charge in [-0.1, -0.05) is 43.0 Å². The summed E-state index contributed by atoms with van der Waals surface area (Å²) in [6, 6.07) is 12.4. The molecule has 2 heterocycles. The molecule has 0 N–H and O–H groups in total. The van der Waals surface area contributed by atoms with E-state index in [1.54, 1.807) is 18.2 Å². The molecule has 0 saturated heterocycles. The highest BCUT2D eigenvalue weighted by atomic mass is 35.5. The van der Waals surface area contributed by atoms with Crippen LogP contribution in [0.3, 0.4) is 0 Å². The molecule has 6 heteroatoms. The number of nitrogens with zero attached hydrogens (tertiary/aromatic N) is 1. The summed E-state index contributed by atoms with van der Waals surface area (Å²) >= 11 is 6.34. The number of hydrogen-bond acceptors (Lipinski definition) is 4. The first-order chi connectivity index (χ1) is 14.4. The molecule has 0 aromatic heterocycles. The zero-order chi connectivity index (χ0) is 21.1. The Morgan fingerprint density at radius 1 is 1.03 bits per heavy atom. The van der Waals surface area contributed by atoms with Crippen LogP contribution in [0, 0.1) is 0 Å². The maximum atomic E-state index is 13.0. The number of likely N-dealkylation sites (N-methyl/N-ethyl adjacent to an activating group) is 1. The Kier molecular flexibility index (Phi) is 4.46. The molecule has 0 amide bonds. The number of benzene rings is 2. The molecule has 3 aliphatic rings. The third-order valence-electron chi connectivity index (χ3n) is 6.72. The SMILES string of the molecule is CN1/C(=C/C=C2\C(=O)c3ccccc3S2(=O)=O)C2(CCCCC2)c2cc(Cl)ccc21. The Hall–Kier alpha value is -2.37. The number of allylic oxidation sites excluding steroid dienone is 4. The Balaban J connectivity index is 1.66. The summed E-state index contributed by atoms with van der Waals surface area (Å²) < 4.78 is 25.9. The summed E-state index contributed by atoms with van der Waals surface area (Å²) in [6.45, 7) is 0. The van der Waals surface area contributed by atoms with Crippen LogP contribution in [0.4, 0.5) is 5.69 Å². The van der Waals surface area contributed by atoms with E-state index in [-0.39, 0.29) is 20.8 Å². The van der Waals surface area contributed by atoms with Crippen molar-refractivity contribution in [2.45, 2.75) is 42.4 Å². The molecule has 2 aliphatic heterocycles. The van der Waals surface area contributed by atoms with Crippen LogP contribution < -0.4 is 4.90 Å². The van der Waals surface area contributed by atoms with Crippen molar-refractivity contribution in [3.8, 4) is 0 Å². The maximum absolute atomic E-state index is 13.0. The monoisotopic (exact) mass is 439 g/mol. The fraction of sp³-hybridized carbons (Fsp3) is 0.292. The molecule has 30 heavy (non-hydrogen) atoms. The minimum atomic E-state index is -3.79. The third kappa shape index (κ3) is 2.65. The van der Waals surface area contributed by atoms with Gasteiger partial charge >= 0.3 is 0 Å². The number of anilines is 1. The molecule has 2 aromatic rings. The predicted molar refractivity (Wildman–Crippen MR) is 119 cm³/mol. The van der Waals surface area contributed by atoms with Gasteiger partial charge in [-0.2, -0.15) is 0 Å². The molecule has 1 fully saturated rings. The van der Waals surface area contributed by atoms with Gasteiger partial charge in [-0.25, -0.2) is 8.42 Å². The quantitative estimate of drug-likeness (QED) is 0.556. The van der Waals surface area contributed by atoms with E-state index in [2.05, 4.69) is 4.90 Å². The Bertz CT molecular complexity index is 1240. The third-order valence-corrected chi connectivity index (χ3v) is 8.79. The highest BCUT2D eigenvalue weighted by Crippen LogP contribution is 2.55. The van der Waals surface area contributed by atoms with E-state index in [4.69, 9.17) is 11.6 Å². The second kappa shape index (κ2) is 6.82. The lowest BCUT2D eigenvalue weighted by molar-refractivity contribution is 0.104.